The molecule has 0 aromatic rings. The van der Waals surface area contributed by atoms with Crippen LogP contribution in [0.5, 0.6) is 0 Å². The summed E-state index contributed by atoms with van der Waals surface area (Å²) in [6.45, 7) is 14.3. The second-order valence-corrected chi connectivity index (χ2v) is 6.10. The standard InChI is InChI=1S/C17H27NO2/c1-7-10-15-14(9-3)11-13(8-2)12-18(15)16(19)20-17(4,5)6/h8-10,13H,2,7,11-12H2,1,3-6H3/b14-9-,15-10+. The molecule has 0 aliphatic carbocycles. The van der Waals surface area contributed by atoms with Crippen LogP contribution in [0.4, 0.5) is 4.79 Å². The number of hydrogen-bond donors (Lipinski definition) is 0. The van der Waals surface area contributed by atoms with Crippen molar-refractivity contribution < 1.29 is 9.53 Å². The molecule has 1 rings (SSSR count). The second-order valence-electron chi connectivity index (χ2n) is 6.10. The van der Waals surface area contributed by atoms with E-state index in [9.17, 15) is 4.79 Å². The Labute approximate surface area is 123 Å². The van der Waals surface area contributed by atoms with E-state index in [-0.39, 0.29) is 12.0 Å². The number of ether oxygens (including phenoxy) is 1. The summed E-state index contributed by atoms with van der Waals surface area (Å²) in [6, 6.07) is 0. The zero-order chi connectivity index (χ0) is 15.3. The van der Waals surface area contributed by atoms with Crippen molar-refractivity contribution in [3.05, 3.63) is 36.1 Å². The van der Waals surface area contributed by atoms with Crippen molar-refractivity contribution in [2.24, 2.45) is 5.92 Å². The van der Waals surface area contributed by atoms with Crippen LogP contribution >= 0.6 is 0 Å². The second kappa shape index (κ2) is 6.78. The molecule has 0 spiro atoms. The van der Waals surface area contributed by atoms with Crippen molar-refractivity contribution in [1.29, 1.82) is 0 Å². The average molecular weight is 277 g/mol. The van der Waals surface area contributed by atoms with Crippen LogP contribution in [-0.2, 0) is 4.74 Å². The summed E-state index contributed by atoms with van der Waals surface area (Å²) in [5.41, 5.74) is 1.70. The Bertz CT molecular complexity index is 427. The van der Waals surface area contributed by atoms with Crippen LogP contribution in [0.1, 0.15) is 47.5 Å². The number of piperidine rings is 1. The van der Waals surface area contributed by atoms with Gasteiger partial charge in [-0.15, -0.1) is 6.58 Å². The maximum absolute atomic E-state index is 12.4. The Kier molecular flexibility index (Phi) is 5.61. The van der Waals surface area contributed by atoms with Gasteiger partial charge in [0.15, 0.2) is 0 Å². The number of carbonyl (C=O) groups excluding carboxylic acids is 1. The molecule has 1 amide bonds. The first kappa shape index (κ1) is 16.5. The minimum Gasteiger partial charge on any atom is -0.443 e. The van der Waals surface area contributed by atoms with Gasteiger partial charge in [0.05, 0.1) is 0 Å². The molecule has 3 heteroatoms. The fourth-order valence-corrected chi connectivity index (χ4v) is 2.31. The Morgan fingerprint density at radius 2 is 2.15 bits per heavy atom. The van der Waals surface area contributed by atoms with E-state index in [2.05, 4.69) is 25.7 Å². The molecule has 0 N–H and O–H groups in total. The van der Waals surface area contributed by atoms with Crippen molar-refractivity contribution in [2.45, 2.75) is 53.1 Å². The molecule has 1 unspecified atom stereocenters. The average Bonchev–Trinajstić information content (AvgIpc) is 2.37. The highest BCUT2D eigenvalue weighted by molar-refractivity contribution is 5.72. The first-order chi connectivity index (χ1) is 9.32. The normalized spacial score (nSPS) is 24.1. The highest BCUT2D eigenvalue weighted by Gasteiger charge is 2.31. The predicted octanol–water partition coefficient (Wildman–Crippen LogP) is 4.67. The maximum atomic E-state index is 12.4. The van der Waals surface area contributed by atoms with Crippen LogP contribution in [0.25, 0.3) is 0 Å². The minimum atomic E-state index is -0.481. The van der Waals surface area contributed by atoms with E-state index >= 15 is 0 Å². The SMILES string of the molecule is C=CC1CC(=C/C)/C(=C\CC)N(C(=O)OC(C)(C)C)C1. The summed E-state index contributed by atoms with van der Waals surface area (Å²) < 4.78 is 5.52. The summed E-state index contributed by atoms with van der Waals surface area (Å²) in [4.78, 5) is 14.2. The highest BCUT2D eigenvalue weighted by Crippen LogP contribution is 2.32. The molecular formula is C17H27NO2. The van der Waals surface area contributed by atoms with Gasteiger partial charge in [-0.05, 0) is 52.0 Å². The first-order valence-electron chi connectivity index (χ1n) is 7.31. The van der Waals surface area contributed by atoms with Gasteiger partial charge in [-0.25, -0.2) is 4.79 Å². The molecule has 1 heterocycles. The summed E-state index contributed by atoms with van der Waals surface area (Å²) in [7, 11) is 0. The van der Waals surface area contributed by atoms with Crippen molar-refractivity contribution in [3.8, 4) is 0 Å². The number of allylic oxidation sites excluding steroid dienone is 3. The summed E-state index contributed by atoms with van der Waals surface area (Å²) in [6.07, 6.45) is 7.65. The topological polar surface area (TPSA) is 29.5 Å². The first-order valence-corrected chi connectivity index (χ1v) is 7.31. The highest BCUT2D eigenvalue weighted by atomic mass is 16.6. The molecule has 112 valence electrons. The van der Waals surface area contributed by atoms with Crippen LogP contribution in [0.2, 0.25) is 0 Å². The molecule has 1 aliphatic heterocycles. The molecule has 20 heavy (non-hydrogen) atoms. The smallest absolute Gasteiger partial charge is 0.414 e. The van der Waals surface area contributed by atoms with Gasteiger partial charge in [0.2, 0.25) is 0 Å². The third-order valence-electron chi connectivity index (χ3n) is 3.21. The zero-order valence-corrected chi connectivity index (χ0v) is 13.4. The van der Waals surface area contributed by atoms with Gasteiger partial charge in [-0.1, -0.05) is 25.2 Å². The molecule has 0 aromatic heterocycles. The molecule has 1 atom stereocenters. The largest absolute Gasteiger partial charge is 0.443 e. The predicted molar refractivity (Wildman–Crippen MR) is 83.4 cm³/mol. The van der Waals surface area contributed by atoms with Gasteiger partial charge in [-0.2, -0.15) is 0 Å². The van der Waals surface area contributed by atoms with Crippen LogP contribution in [0.3, 0.4) is 0 Å². The summed E-state index contributed by atoms with van der Waals surface area (Å²) in [5.74, 6) is 0.280. The lowest BCUT2D eigenvalue weighted by molar-refractivity contribution is 0.0285. The summed E-state index contributed by atoms with van der Waals surface area (Å²) >= 11 is 0. The van der Waals surface area contributed by atoms with Gasteiger partial charge < -0.3 is 4.74 Å². The monoisotopic (exact) mass is 277 g/mol. The zero-order valence-electron chi connectivity index (χ0n) is 13.4. The fourth-order valence-electron chi connectivity index (χ4n) is 2.31. The van der Waals surface area contributed by atoms with Gasteiger partial charge in [-0.3, -0.25) is 4.90 Å². The van der Waals surface area contributed by atoms with E-state index < -0.39 is 5.60 Å². The molecule has 1 saturated heterocycles. The third-order valence-corrected chi connectivity index (χ3v) is 3.21. The van der Waals surface area contributed by atoms with Gasteiger partial charge in [0.25, 0.3) is 0 Å². The Hall–Kier alpha value is -1.51. The van der Waals surface area contributed by atoms with Crippen LogP contribution in [0.15, 0.2) is 36.1 Å². The van der Waals surface area contributed by atoms with E-state index in [1.807, 2.05) is 33.8 Å². The fraction of sp³-hybridized carbons (Fsp3) is 0.588. The maximum Gasteiger partial charge on any atom is 0.414 e. The van der Waals surface area contributed by atoms with Crippen molar-refractivity contribution >= 4 is 6.09 Å². The summed E-state index contributed by atoms with van der Waals surface area (Å²) in [5, 5.41) is 0. The molecule has 0 saturated carbocycles. The molecule has 1 aliphatic rings. The molecular weight excluding hydrogens is 250 g/mol. The molecule has 0 bridgehead atoms. The lowest BCUT2D eigenvalue weighted by Crippen LogP contribution is -2.42. The Balaban J connectivity index is 3.06. The number of carbonyl (C=O) groups is 1. The van der Waals surface area contributed by atoms with Crippen molar-refractivity contribution in [2.75, 3.05) is 6.54 Å². The Morgan fingerprint density at radius 3 is 2.60 bits per heavy atom. The van der Waals surface area contributed by atoms with Gasteiger partial charge >= 0.3 is 6.09 Å². The van der Waals surface area contributed by atoms with E-state index in [0.29, 0.717) is 6.54 Å². The number of likely N-dealkylation sites (tertiary alicyclic amines) is 1. The molecule has 0 aromatic carbocycles. The number of rotatable bonds is 2. The number of hydrogen-bond acceptors (Lipinski definition) is 2. The Morgan fingerprint density at radius 1 is 1.50 bits per heavy atom. The van der Waals surface area contributed by atoms with Crippen molar-refractivity contribution in [1.82, 2.24) is 4.90 Å². The lowest BCUT2D eigenvalue weighted by Gasteiger charge is -2.36. The molecule has 0 radical (unpaired) electrons. The molecule has 1 fully saturated rings. The lowest BCUT2D eigenvalue weighted by atomic mass is 9.91. The molecule has 3 nitrogen and oxygen atoms in total. The van der Waals surface area contributed by atoms with Crippen LogP contribution in [-0.4, -0.2) is 23.1 Å². The van der Waals surface area contributed by atoms with Crippen LogP contribution < -0.4 is 0 Å². The number of nitrogens with zero attached hydrogens (tertiary/aromatic N) is 1. The third kappa shape index (κ3) is 4.26. The van der Waals surface area contributed by atoms with Gasteiger partial charge in [0.1, 0.15) is 5.60 Å². The van der Waals surface area contributed by atoms with Gasteiger partial charge in [0, 0.05) is 12.2 Å². The quantitative estimate of drug-likeness (QED) is 0.686. The van der Waals surface area contributed by atoms with E-state index in [0.717, 1.165) is 18.5 Å². The minimum absolute atomic E-state index is 0.275. The number of amides is 1. The van der Waals surface area contributed by atoms with E-state index in [1.165, 1.54) is 5.57 Å². The van der Waals surface area contributed by atoms with E-state index in [4.69, 9.17) is 4.74 Å². The van der Waals surface area contributed by atoms with E-state index in [1.54, 1.807) is 4.90 Å². The van der Waals surface area contributed by atoms with Crippen LogP contribution in [0, 0.1) is 5.92 Å². The van der Waals surface area contributed by atoms with Crippen molar-refractivity contribution in [3.63, 3.8) is 0 Å².